The van der Waals surface area contributed by atoms with Crippen molar-refractivity contribution in [2.75, 3.05) is 0 Å². The molecule has 4 heteroatoms. The van der Waals surface area contributed by atoms with Crippen molar-refractivity contribution in [3.8, 4) is 56.2 Å². The van der Waals surface area contributed by atoms with Gasteiger partial charge in [0.25, 0.3) is 0 Å². The second kappa shape index (κ2) is 12.1. The lowest BCUT2D eigenvalue weighted by molar-refractivity contribution is 0.669. The van der Waals surface area contributed by atoms with E-state index in [0.29, 0.717) is 5.82 Å². The van der Waals surface area contributed by atoms with Crippen LogP contribution in [0.2, 0.25) is 0 Å². The number of aromatic nitrogens is 2. The molecule has 54 heavy (non-hydrogen) atoms. The van der Waals surface area contributed by atoms with E-state index >= 15 is 0 Å². The van der Waals surface area contributed by atoms with Crippen molar-refractivity contribution < 1.29 is 8.83 Å². The molecule has 3 heterocycles. The van der Waals surface area contributed by atoms with Crippen molar-refractivity contribution in [3.63, 3.8) is 0 Å². The van der Waals surface area contributed by atoms with Crippen molar-refractivity contribution in [3.05, 3.63) is 182 Å². The number of furan rings is 2. The topological polar surface area (TPSA) is 52.1 Å². The molecule has 0 fully saturated rings. The highest BCUT2D eigenvalue weighted by Gasteiger charge is 2.19. The molecule has 0 atom stereocenters. The molecule has 252 valence electrons. The quantitative estimate of drug-likeness (QED) is 0.180. The lowest BCUT2D eigenvalue weighted by Gasteiger charge is -2.14. The summed E-state index contributed by atoms with van der Waals surface area (Å²) in [6.45, 7) is 0. The van der Waals surface area contributed by atoms with Gasteiger partial charge in [-0.05, 0) is 76.0 Å². The molecule has 0 saturated carbocycles. The number of hydrogen-bond acceptors (Lipinski definition) is 4. The first-order valence-electron chi connectivity index (χ1n) is 18.1. The molecule has 4 nitrogen and oxygen atoms in total. The van der Waals surface area contributed by atoms with Gasteiger partial charge in [-0.3, -0.25) is 0 Å². The van der Waals surface area contributed by atoms with Crippen molar-refractivity contribution >= 4 is 54.6 Å². The van der Waals surface area contributed by atoms with Crippen LogP contribution in [0.1, 0.15) is 0 Å². The maximum atomic E-state index is 6.57. The number of nitrogens with zero attached hydrogens (tertiary/aromatic N) is 2. The molecule has 8 aromatic carbocycles. The molecule has 0 radical (unpaired) electrons. The highest BCUT2D eigenvalue weighted by Crippen LogP contribution is 2.41. The van der Waals surface area contributed by atoms with Crippen LogP contribution in [-0.2, 0) is 0 Å². The van der Waals surface area contributed by atoms with Crippen LogP contribution in [0.4, 0.5) is 0 Å². The van der Waals surface area contributed by atoms with Crippen molar-refractivity contribution in [1.82, 2.24) is 9.97 Å². The summed E-state index contributed by atoms with van der Waals surface area (Å²) in [6.07, 6.45) is 0. The molecule has 0 bridgehead atoms. The third-order valence-corrected chi connectivity index (χ3v) is 10.5. The molecule has 0 spiro atoms. The van der Waals surface area contributed by atoms with Gasteiger partial charge in [-0.15, -0.1) is 0 Å². The Hall–Kier alpha value is -7.30. The van der Waals surface area contributed by atoms with Gasteiger partial charge in [-0.2, -0.15) is 0 Å². The minimum absolute atomic E-state index is 0.647. The maximum Gasteiger partial charge on any atom is 0.160 e. The maximum absolute atomic E-state index is 6.57. The van der Waals surface area contributed by atoms with Gasteiger partial charge in [0.05, 0.1) is 11.4 Å². The van der Waals surface area contributed by atoms with Crippen LogP contribution in [0.3, 0.4) is 0 Å². The van der Waals surface area contributed by atoms with Crippen LogP contribution in [-0.4, -0.2) is 9.97 Å². The van der Waals surface area contributed by atoms with Crippen LogP contribution in [0.15, 0.2) is 191 Å². The summed E-state index contributed by atoms with van der Waals surface area (Å²) in [5.41, 5.74) is 12.1. The zero-order valence-electron chi connectivity index (χ0n) is 29.0. The Kier molecular flexibility index (Phi) is 6.82. The summed E-state index contributed by atoms with van der Waals surface area (Å²) < 4.78 is 13.1. The van der Waals surface area contributed by atoms with Gasteiger partial charge in [0.15, 0.2) is 5.82 Å². The standard InChI is InChI=1S/C50H30N2O2/c1-2-13-32(14-3-1)50-51-44(30-45(52-50)43-21-11-20-42-40-17-7-9-23-47(40)54-49(42)43)37-28-35(34-25-24-31-12-4-5-15-33(31)26-34)27-36(29-37)38-18-10-19-41-39-16-6-8-22-46(39)53-48(38)41/h1-30H. The van der Waals surface area contributed by atoms with E-state index in [-0.39, 0.29) is 0 Å². The van der Waals surface area contributed by atoms with E-state index in [1.165, 1.54) is 10.8 Å². The predicted octanol–water partition coefficient (Wildman–Crippen LogP) is 13.8. The van der Waals surface area contributed by atoms with Gasteiger partial charge < -0.3 is 8.83 Å². The average Bonchev–Trinajstić information content (AvgIpc) is 3.82. The first-order valence-corrected chi connectivity index (χ1v) is 18.1. The van der Waals surface area contributed by atoms with Gasteiger partial charge in [-0.1, -0.05) is 133 Å². The minimum atomic E-state index is 0.647. The Bertz CT molecular complexity index is 3230. The van der Waals surface area contributed by atoms with Crippen LogP contribution >= 0.6 is 0 Å². The van der Waals surface area contributed by atoms with E-state index in [2.05, 4.69) is 133 Å². The van der Waals surface area contributed by atoms with Gasteiger partial charge in [0, 0.05) is 43.8 Å². The lowest BCUT2D eigenvalue weighted by Crippen LogP contribution is -1.97. The predicted molar refractivity (Wildman–Crippen MR) is 221 cm³/mol. The van der Waals surface area contributed by atoms with Gasteiger partial charge >= 0.3 is 0 Å². The van der Waals surface area contributed by atoms with E-state index in [1.807, 2.05) is 48.5 Å². The summed E-state index contributed by atoms with van der Waals surface area (Å²) in [6, 6.07) is 63.3. The Balaban J connectivity index is 1.18. The Morgan fingerprint density at radius 2 is 0.889 bits per heavy atom. The second-order valence-corrected chi connectivity index (χ2v) is 13.7. The van der Waals surface area contributed by atoms with Crippen molar-refractivity contribution in [2.24, 2.45) is 0 Å². The Labute approximate surface area is 310 Å². The number of benzene rings is 8. The van der Waals surface area contributed by atoms with Gasteiger partial charge in [0.2, 0.25) is 0 Å². The van der Waals surface area contributed by atoms with E-state index in [9.17, 15) is 0 Å². The Morgan fingerprint density at radius 1 is 0.315 bits per heavy atom. The van der Waals surface area contributed by atoms with Gasteiger partial charge in [-0.25, -0.2) is 9.97 Å². The molecule has 3 aromatic heterocycles. The molecule has 0 aliphatic rings. The smallest absolute Gasteiger partial charge is 0.160 e. The molecule has 0 aliphatic carbocycles. The molecule has 0 amide bonds. The average molecular weight is 691 g/mol. The molecule has 0 saturated heterocycles. The SMILES string of the molecule is c1ccc(-c2nc(-c3cc(-c4ccc5ccccc5c4)cc(-c4cccc5c4oc4ccccc45)c3)cc(-c3cccc4c3oc3ccccc34)n2)cc1. The fourth-order valence-corrected chi connectivity index (χ4v) is 7.84. The van der Waals surface area contributed by atoms with Crippen LogP contribution < -0.4 is 0 Å². The summed E-state index contributed by atoms with van der Waals surface area (Å²) in [5.74, 6) is 0.647. The highest BCUT2D eigenvalue weighted by atomic mass is 16.3. The first kappa shape index (κ1) is 30.3. The summed E-state index contributed by atoms with van der Waals surface area (Å²) in [7, 11) is 0. The second-order valence-electron chi connectivity index (χ2n) is 13.7. The third-order valence-electron chi connectivity index (χ3n) is 10.5. The van der Waals surface area contributed by atoms with Crippen molar-refractivity contribution in [2.45, 2.75) is 0 Å². The highest BCUT2D eigenvalue weighted by molar-refractivity contribution is 6.11. The van der Waals surface area contributed by atoms with E-state index in [0.717, 1.165) is 94.2 Å². The number of rotatable bonds is 5. The van der Waals surface area contributed by atoms with Crippen LogP contribution in [0.25, 0.3) is 111 Å². The molecular formula is C50H30N2O2. The van der Waals surface area contributed by atoms with E-state index in [4.69, 9.17) is 18.8 Å². The van der Waals surface area contributed by atoms with Crippen LogP contribution in [0.5, 0.6) is 0 Å². The molecule has 0 aliphatic heterocycles. The zero-order chi connectivity index (χ0) is 35.6. The third kappa shape index (κ3) is 5.00. The Morgan fingerprint density at radius 3 is 1.65 bits per heavy atom. The fraction of sp³-hybridized carbons (Fsp3) is 0. The lowest BCUT2D eigenvalue weighted by atomic mass is 9.93. The van der Waals surface area contributed by atoms with E-state index in [1.54, 1.807) is 0 Å². The fourth-order valence-electron chi connectivity index (χ4n) is 7.84. The summed E-state index contributed by atoms with van der Waals surface area (Å²) in [4.78, 5) is 10.5. The molecular weight excluding hydrogens is 661 g/mol. The summed E-state index contributed by atoms with van der Waals surface area (Å²) >= 11 is 0. The van der Waals surface area contributed by atoms with Crippen molar-refractivity contribution in [1.29, 1.82) is 0 Å². The molecule has 0 N–H and O–H groups in total. The molecule has 11 rings (SSSR count). The largest absolute Gasteiger partial charge is 0.455 e. The molecule has 0 unspecified atom stereocenters. The monoisotopic (exact) mass is 690 g/mol. The van der Waals surface area contributed by atoms with E-state index < -0.39 is 0 Å². The molecule has 11 aromatic rings. The first-order chi connectivity index (χ1) is 26.7. The number of para-hydroxylation sites is 4. The van der Waals surface area contributed by atoms with Gasteiger partial charge in [0.1, 0.15) is 22.3 Å². The number of hydrogen-bond donors (Lipinski definition) is 0. The summed E-state index contributed by atoms with van der Waals surface area (Å²) in [5, 5.41) is 6.74. The normalized spacial score (nSPS) is 11.7. The van der Waals surface area contributed by atoms with Crippen LogP contribution in [0, 0.1) is 0 Å². The minimum Gasteiger partial charge on any atom is -0.455 e. The number of fused-ring (bicyclic) bond motifs is 7. The zero-order valence-corrected chi connectivity index (χ0v) is 29.0.